The molecule has 142 valence electrons. The first-order valence-electron chi connectivity index (χ1n) is 9.24. The van der Waals surface area contributed by atoms with Gasteiger partial charge in [0.15, 0.2) is 6.04 Å². The van der Waals surface area contributed by atoms with Gasteiger partial charge in [0.2, 0.25) is 11.8 Å². The van der Waals surface area contributed by atoms with Crippen LogP contribution in [0.25, 0.3) is 0 Å². The van der Waals surface area contributed by atoms with E-state index in [4.69, 9.17) is 4.74 Å². The van der Waals surface area contributed by atoms with Gasteiger partial charge in [-0.15, -0.1) is 0 Å². The predicted octanol–water partition coefficient (Wildman–Crippen LogP) is 2.79. The van der Waals surface area contributed by atoms with Crippen molar-refractivity contribution in [3.8, 4) is 0 Å². The van der Waals surface area contributed by atoms with Crippen molar-refractivity contribution in [1.29, 1.82) is 0 Å². The molecule has 6 nitrogen and oxygen atoms in total. The highest BCUT2D eigenvalue weighted by atomic mass is 16.5. The Hall–Kier alpha value is -2.37. The fraction of sp³-hybridized carbons (Fsp3) is 0.550. The molecule has 2 rings (SSSR count). The largest absolute Gasteiger partial charge is 0.467 e. The van der Waals surface area contributed by atoms with Crippen LogP contribution in [0.1, 0.15) is 69.2 Å². The summed E-state index contributed by atoms with van der Waals surface area (Å²) >= 11 is 0. The number of carbonyl (C=O) groups excluding carboxylic acids is 3. The van der Waals surface area contributed by atoms with Gasteiger partial charge in [0.05, 0.1) is 7.11 Å². The van der Waals surface area contributed by atoms with E-state index in [1.54, 1.807) is 24.3 Å². The maximum atomic E-state index is 12.4. The molecule has 1 aromatic carbocycles. The molecular formula is C20H28N2O4. The monoisotopic (exact) mass is 360 g/mol. The lowest BCUT2D eigenvalue weighted by Gasteiger charge is -2.30. The summed E-state index contributed by atoms with van der Waals surface area (Å²) in [5.41, 5.74) is 1.29. The number of amides is 2. The third kappa shape index (κ3) is 4.84. The predicted molar refractivity (Wildman–Crippen MR) is 98.1 cm³/mol. The van der Waals surface area contributed by atoms with E-state index >= 15 is 0 Å². The Labute approximate surface area is 154 Å². The van der Waals surface area contributed by atoms with Gasteiger partial charge in [-0.2, -0.15) is 0 Å². The van der Waals surface area contributed by atoms with Gasteiger partial charge in [-0.05, 0) is 23.5 Å². The number of esters is 1. The third-order valence-corrected chi connectivity index (χ3v) is 4.96. The zero-order chi connectivity index (χ0) is 19.1. The third-order valence-electron chi connectivity index (χ3n) is 4.96. The first-order valence-corrected chi connectivity index (χ1v) is 9.24. The molecule has 1 aromatic rings. The Morgan fingerprint density at radius 3 is 2.58 bits per heavy atom. The molecule has 1 aliphatic rings. The van der Waals surface area contributed by atoms with E-state index in [1.807, 2.05) is 0 Å². The number of unbranched alkanes of at least 4 members (excludes halogenated alkanes) is 1. The van der Waals surface area contributed by atoms with Gasteiger partial charge in [0.1, 0.15) is 6.04 Å². The first-order chi connectivity index (χ1) is 12.5. The minimum Gasteiger partial charge on any atom is -0.467 e. The fourth-order valence-electron chi connectivity index (χ4n) is 3.14. The summed E-state index contributed by atoms with van der Waals surface area (Å²) in [6, 6.07) is 5.48. The molecule has 6 heteroatoms. The van der Waals surface area contributed by atoms with E-state index in [0.29, 0.717) is 23.5 Å². The number of fused-ring (bicyclic) bond motifs is 1. The molecule has 1 unspecified atom stereocenters. The fourth-order valence-corrected chi connectivity index (χ4v) is 3.14. The molecule has 0 radical (unpaired) electrons. The summed E-state index contributed by atoms with van der Waals surface area (Å²) < 4.78 is 4.76. The number of benzene rings is 1. The number of rotatable bonds is 8. The zero-order valence-corrected chi connectivity index (χ0v) is 15.7. The summed E-state index contributed by atoms with van der Waals surface area (Å²) in [4.78, 5) is 36.7. The lowest BCUT2D eigenvalue weighted by atomic mass is 9.90. The summed E-state index contributed by atoms with van der Waals surface area (Å²) in [5.74, 6) is -0.405. The normalized spacial score (nSPS) is 19.9. The summed E-state index contributed by atoms with van der Waals surface area (Å²) in [7, 11) is 1.28. The van der Waals surface area contributed by atoms with Crippen molar-refractivity contribution in [2.45, 2.75) is 58.0 Å². The molecular weight excluding hydrogens is 332 g/mol. The van der Waals surface area contributed by atoms with Crippen molar-refractivity contribution in [2.75, 3.05) is 7.11 Å². The van der Waals surface area contributed by atoms with E-state index in [0.717, 1.165) is 25.7 Å². The van der Waals surface area contributed by atoms with E-state index in [-0.39, 0.29) is 5.91 Å². The molecule has 26 heavy (non-hydrogen) atoms. The molecule has 1 heterocycles. The minimum atomic E-state index is -0.840. The molecule has 0 aromatic heterocycles. The number of methoxy groups -OCH3 is 1. The van der Waals surface area contributed by atoms with E-state index in [2.05, 4.69) is 24.5 Å². The molecule has 0 spiro atoms. The second kappa shape index (κ2) is 9.36. The van der Waals surface area contributed by atoms with Gasteiger partial charge >= 0.3 is 5.97 Å². The quantitative estimate of drug-likeness (QED) is 0.551. The van der Waals surface area contributed by atoms with Gasteiger partial charge in [0, 0.05) is 6.42 Å². The Morgan fingerprint density at radius 1 is 1.23 bits per heavy atom. The zero-order valence-electron chi connectivity index (χ0n) is 15.7. The van der Waals surface area contributed by atoms with Crippen LogP contribution in [-0.4, -0.2) is 24.9 Å². The number of hydrogen-bond donors (Lipinski definition) is 2. The van der Waals surface area contributed by atoms with Crippen molar-refractivity contribution in [3.63, 3.8) is 0 Å². The first kappa shape index (κ1) is 19.9. The second-order valence-corrected chi connectivity index (χ2v) is 6.85. The van der Waals surface area contributed by atoms with Gasteiger partial charge in [-0.3, -0.25) is 9.59 Å². The van der Waals surface area contributed by atoms with Gasteiger partial charge in [-0.25, -0.2) is 4.79 Å². The van der Waals surface area contributed by atoms with Crippen molar-refractivity contribution in [2.24, 2.45) is 5.92 Å². The van der Waals surface area contributed by atoms with Crippen molar-refractivity contribution in [3.05, 3.63) is 35.4 Å². The summed E-state index contributed by atoms with van der Waals surface area (Å²) in [6.07, 6.45) is 4.45. The summed E-state index contributed by atoms with van der Waals surface area (Å²) in [6.45, 7) is 4.37. The number of carbonyl (C=O) groups is 3. The van der Waals surface area contributed by atoms with Gasteiger partial charge < -0.3 is 15.4 Å². The number of nitrogens with one attached hydrogen (secondary N) is 2. The Kier molecular flexibility index (Phi) is 7.18. The van der Waals surface area contributed by atoms with Crippen LogP contribution in [0.3, 0.4) is 0 Å². The maximum absolute atomic E-state index is 12.4. The van der Waals surface area contributed by atoms with Crippen LogP contribution < -0.4 is 10.6 Å². The van der Waals surface area contributed by atoms with Crippen LogP contribution in [0.5, 0.6) is 0 Å². The molecule has 0 saturated heterocycles. The highest BCUT2D eigenvalue weighted by Crippen LogP contribution is 2.30. The van der Waals surface area contributed by atoms with Crippen molar-refractivity contribution >= 4 is 17.8 Å². The Balaban J connectivity index is 2.01. The maximum Gasteiger partial charge on any atom is 0.333 e. The van der Waals surface area contributed by atoms with Crippen LogP contribution in [0.2, 0.25) is 0 Å². The average molecular weight is 360 g/mol. The topological polar surface area (TPSA) is 84.5 Å². The molecule has 0 aliphatic carbocycles. The number of ether oxygens (including phenoxy) is 1. The standard InChI is InChI=1S/C20H28N2O4/c1-4-13(2)9-5-8-12-16(23)21-17-14-10-6-7-11-15(14)18(20(25)26-3)22-19(17)24/h6-7,10-11,13,17-18H,4-5,8-9,12H2,1-3H3,(H,21,23)(H,22,24)/t13?,17-,18+/m1/s1. The van der Waals surface area contributed by atoms with Crippen LogP contribution in [-0.2, 0) is 19.1 Å². The molecule has 3 atom stereocenters. The molecule has 1 aliphatic heterocycles. The summed E-state index contributed by atoms with van der Waals surface area (Å²) in [5, 5.41) is 5.44. The van der Waals surface area contributed by atoms with E-state index < -0.39 is 24.0 Å². The smallest absolute Gasteiger partial charge is 0.333 e. The lowest BCUT2D eigenvalue weighted by Crippen LogP contribution is -2.48. The average Bonchev–Trinajstić information content (AvgIpc) is 2.66. The molecule has 0 bridgehead atoms. The minimum absolute atomic E-state index is 0.152. The Bertz CT molecular complexity index is 659. The van der Waals surface area contributed by atoms with Crippen LogP contribution in [0.4, 0.5) is 0 Å². The van der Waals surface area contributed by atoms with Gasteiger partial charge in [-0.1, -0.05) is 57.4 Å². The lowest BCUT2D eigenvalue weighted by molar-refractivity contribution is -0.146. The molecule has 2 amide bonds. The SMILES string of the molecule is CCC(C)CCCCC(=O)N[C@H]1C(=O)N[C@H](C(=O)OC)c2ccccc21. The Morgan fingerprint density at radius 2 is 1.92 bits per heavy atom. The van der Waals surface area contributed by atoms with Crippen molar-refractivity contribution < 1.29 is 19.1 Å². The highest BCUT2D eigenvalue weighted by molar-refractivity contribution is 5.95. The highest BCUT2D eigenvalue weighted by Gasteiger charge is 2.37. The van der Waals surface area contributed by atoms with Gasteiger partial charge in [0.25, 0.3) is 0 Å². The van der Waals surface area contributed by atoms with Crippen molar-refractivity contribution in [1.82, 2.24) is 10.6 Å². The molecule has 2 N–H and O–H groups in total. The number of hydrogen-bond acceptors (Lipinski definition) is 4. The van der Waals surface area contributed by atoms with Crippen LogP contribution in [0.15, 0.2) is 24.3 Å². The van der Waals surface area contributed by atoms with E-state index in [1.165, 1.54) is 7.11 Å². The molecule has 0 saturated carbocycles. The van der Waals surface area contributed by atoms with Crippen LogP contribution in [0, 0.1) is 5.92 Å². The van der Waals surface area contributed by atoms with E-state index in [9.17, 15) is 14.4 Å². The van der Waals surface area contributed by atoms with Crippen LogP contribution >= 0.6 is 0 Å². The molecule has 0 fully saturated rings. The second-order valence-electron chi connectivity index (χ2n) is 6.85.